The van der Waals surface area contributed by atoms with Crippen molar-refractivity contribution in [3.63, 3.8) is 0 Å². The Hall–Kier alpha value is -7.68. The number of benzene rings is 10. The summed E-state index contributed by atoms with van der Waals surface area (Å²) in [5, 5.41) is 7.08. The number of anilines is 3. The molecule has 0 bridgehead atoms. The Labute approximate surface area is 337 Å². The summed E-state index contributed by atoms with van der Waals surface area (Å²) >= 11 is 0. The molecule has 0 N–H and O–H groups in total. The van der Waals surface area contributed by atoms with Gasteiger partial charge in [0.05, 0.1) is 5.69 Å². The fourth-order valence-corrected chi connectivity index (χ4v) is 8.59. The minimum absolute atomic E-state index is 0.882. The lowest BCUT2D eigenvalue weighted by Crippen LogP contribution is -2.11. The fourth-order valence-electron chi connectivity index (χ4n) is 8.59. The number of furan rings is 1. The largest absolute Gasteiger partial charge is 0.455 e. The first kappa shape index (κ1) is 33.6. The van der Waals surface area contributed by atoms with Crippen molar-refractivity contribution in [3.05, 3.63) is 224 Å². The van der Waals surface area contributed by atoms with Gasteiger partial charge in [-0.25, -0.2) is 0 Å². The van der Waals surface area contributed by atoms with E-state index in [1.807, 2.05) is 0 Å². The lowest BCUT2D eigenvalue weighted by molar-refractivity contribution is 0.673. The van der Waals surface area contributed by atoms with E-state index in [0.29, 0.717) is 0 Å². The van der Waals surface area contributed by atoms with Crippen molar-refractivity contribution < 1.29 is 4.42 Å². The molecule has 0 fully saturated rings. The summed E-state index contributed by atoms with van der Waals surface area (Å²) < 4.78 is 6.65. The Bertz CT molecular complexity index is 3260. The Morgan fingerprint density at radius 3 is 1.60 bits per heavy atom. The molecule has 0 aliphatic rings. The van der Waals surface area contributed by atoms with Crippen molar-refractivity contribution in [3.8, 4) is 44.5 Å². The monoisotopic (exact) mass is 739 g/mol. The smallest absolute Gasteiger partial charge is 0.143 e. The highest BCUT2D eigenvalue weighted by Gasteiger charge is 2.19. The van der Waals surface area contributed by atoms with Crippen LogP contribution in [0.25, 0.3) is 88.0 Å². The number of rotatable bonds is 7. The minimum atomic E-state index is 0.882. The van der Waals surface area contributed by atoms with Crippen molar-refractivity contribution in [1.29, 1.82) is 0 Å². The maximum absolute atomic E-state index is 6.65. The van der Waals surface area contributed by atoms with Crippen LogP contribution >= 0.6 is 0 Å². The zero-order chi connectivity index (χ0) is 38.4. The van der Waals surface area contributed by atoms with E-state index in [-0.39, 0.29) is 0 Å². The molecule has 0 saturated heterocycles. The Balaban J connectivity index is 1.02. The van der Waals surface area contributed by atoms with Gasteiger partial charge >= 0.3 is 0 Å². The molecule has 11 aromatic rings. The van der Waals surface area contributed by atoms with Crippen LogP contribution in [-0.4, -0.2) is 0 Å². The van der Waals surface area contributed by atoms with Gasteiger partial charge in [-0.05, 0) is 110 Å². The first-order valence-electron chi connectivity index (χ1n) is 19.8. The predicted molar refractivity (Wildman–Crippen MR) is 245 cm³/mol. The summed E-state index contributed by atoms with van der Waals surface area (Å²) in [6.45, 7) is 0. The third-order valence-corrected chi connectivity index (χ3v) is 11.5. The van der Waals surface area contributed by atoms with Gasteiger partial charge in [-0.3, -0.25) is 0 Å². The predicted octanol–water partition coefficient (Wildman–Crippen LogP) is 16.0. The van der Waals surface area contributed by atoms with Crippen LogP contribution in [0.2, 0.25) is 0 Å². The highest BCUT2D eigenvalue weighted by Crippen LogP contribution is 2.44. The standard InChI is InChI=1S/C56H37NO/c1-2-12-38(13-3-1)39-24-30-46(31-25-39)57(47-32-26-40(27-33-47)43-17-10-18-44(36-43)49-22-11-16-41-14-4-6-19-48(41)49)54-23-9-8-20-50(54)45-29-34-52-53-35-28-42-15-5-7-21-51(42)56(53)58-55(52)37-45/h1-37H. The van der Waals surface area contributed by atoms with Gasteiger partial charge in [0.15, 0.2) is 0 Å². The molecule has 0 aliphatic carbocycles. The summed E-state index contributed by atoms with van der Waals surface area (Å²) in [4.78, 5) is 2.37. The topological polar surface area (TPSA) is 16.4 Å². The molecule has 2 nitrogen and oxygen atoms in total. The molecule has 272 valence electrons. The van der Waals surface area contributed by atoms with E-state index < -0.39 is 0 Å². The van der Waals surface area contributed by atoms with E-state index >= 15 is 0 Å². The molecule has 2 heteroatoms. The molecular weight excluding hydrogens is 703 g/mol. The molecule has 11 rings (SSSR count). The van der Waals surface area contributed by atoms with Crippen molar-refractivity contribution in [1.82, 2.24) is 0 Å². The molecule has 1 heterocycles. The Morgan fingerprint density at radius 1 is 0.293 bits per heavy atom. The van der Waals surface area contributed by atoms with E-state index in [4.69, 9.17) is 4.42 Å². The lowest BCUT2D eigenvalue weighted by atomic mass is 9.95. The summed E-state index contributed by atoms with van der Waals surface area (Å²) in [5.74, 6) is 0. The quantitative estimate of drug-likeness (QED) is 0.162. The van der Waals surface area contributed by atoms with Gasteiger partial charge in [-0.1, -0.05) is 170 Å². The van der Waals surface area contributed by atoms with Gasteiger partial charge in [0, 0.05) is 33.1 Å². The second-order valence-corrected chi connectivity index (χ2v) is 14.9. The highest BCUT2D eigenvalue weighted by molar-refractivity contribution is 6.15. The number of nitrogens with zero attached hydrogens (tertiary/aromatic N) is 1. The van der Waals surface area contributed by atoms with E-state index in [9.17, 15) is 0 Å². The molecule has 0 unspecified atom stereocenters. The van der Waals surface area contributed by atoms with Crippen molar-refractivity contribution in [2.75, 3.05) is 4.90 Å². The van der Waals surface area contributed by atoms with Gasteiger partial charge in [0.2, 0.25) is 0 Å². The maximum atomic E-state index is 6.65. The minimum Gasteiger partial charge on any atom is -0.455 e. The van der Waals surface area contributed by atoms with E-state index in [1.54, 1.807) is 0 Å². The highest BCUT2D eigenvalue weighted by atomic mass is 16.3. The van der Waals surface area contributed by atoms with E-state index in [1.165, 1.54) is 49.5 Å². The summed E-state index contributed by atoms with van der Waals surface area (Å²) in [6.07, 6.45) is 0. The van der Waals surface area contributed by atoms with Gasteiger partial charge in [-0.15, -0.1) is 0 Å². The second-order valence-electron chi connectivity index (χ2n) is 14.9. The molecule has 0 atom stereocenters. The SMILES string of the molecule is c1ccc(-c2ccc(N(c3ccc(-c4cccc(-c5cccc6ccccc56)c4)cc3)c3ccccc3-c3ccc4c(c3)oc3c5ccccc5ccc43)cc2)cc1. The van der Waals surface area contributed by atoms with Crippen LogP contribution in [0, 0.1) is 0 Å². The molecule has 0 aliphatic heterocycles. The van der Waals surface area contributed by atoms with Gasteiger partial charge in [0.1, 0.15) is 11.2 Å². The Morgan fingerprint density at radius 2 is 0.810 bits per heavy atom. The zero-order valence-electron chi connectivity index (χ0n) is 31.7. The summed E-state index contributed by atoms with van der Waals surface area (Å²) in [7, 11) is 0. The van der Waals surface area contributed by atoms with Gasteiger partial charge in [-0.2, -0.15) is 0 Å². The van der Waals surface area contributed by atoms with Gasteiger partial charge in [0.25, 0.3) is 0 Å². The molecule has 0 spiro atoms. The molecular formula is C56H37NO. The van der Waals surface area contributed by atoms with Gasteiger partial charge < -0.3 is 9.32 Å². The lowest BCUT2D eigenvalue weighted by Gasteiger charge is -2.28. The Kier molecular flexibility index (Phi) is 8.19. The van der Waals surface area contributed by atoms with Crippen molar-refractivity contribution in [2.24, 2.45) is 0 Å². The summed E-state index contributed by atoms with van der Waals surface area (Å²) in [6, 6.07) is 80.6. The molecule has 10 aromatic carbocycles. The van der Waals surface area contributed by atoms with Crippen molar-refractivity contribution >= 4 is 60.5 Å². The van der Waals surface area contributed by atoms with Crippen LogP contribution in [0.15, 0.2) is 229 Å². The van der Waals surface area contributed by atoms with Crippen LogP contribution < -0.4 is 4.90 Å². The van der Waals surface area contributed by atoms with Crippen LogP contribution in [0.4, 0.5) is 17.1 Å². The number of para-hydroxylation sites is 1. The second kappa shape index (κ2) is 14.1. The average molecular weight is 740 g/mol. The molecule has 0 radical (unpaired) electrons. The summed E-state index contributed by atoms with van der Waals surface area (Å²) in [5.41, 5.74) is 14.5. The van der Waals surface area contributed by atoms with Crippen LogP contribution in [-0.2, 0) is 0 Å². The molecule has 1 aromatic heterocycles. The normalized spacial score (nSPS) is 11.4. The third kappa shape index (κ3) is 5.91. The van der Waals surface area contributed by atoms with E-state index in [0.717, 1.165) is 55.5 Å². The number of fused-ring (bicyclic) bond motifs is 6. The molecule has 0 saturated carbocycles. The first-order chi connectivity index (χ1) is 28.7. The third-order valence-electron chi connectivity index (χ3n) is 11.5. The number of hydrogen-bond donors (Lipinski definition) is 0. The average Bonchev–Trinajstić information content (AvgIpc) is 3.68. The molecule has 58 heavy (non-hydrogen) atoms. The molecule has 0 amide bonds. The van der Waals surface area contributed by atoms with Crippen LogP contribution in [0.1, 0.15) is 0 Å². The maximum Gasteiger partial charge on any atom is 0.143 e. The zero-order valence-corrected chi connectivity index (χ0v) is 31.7. The van der Waals surface area contributed by atoms with Crippen LogP contribution in [0.5, 0.6) is 0 Å². The van der Waals surface area contributed by atoms with Crippen LogP contribution in [0.3, 0.4) is 0 Å². The first-order valence-corrected chi connectivity index (χ1v) is 19.8. The van der Waals surface area contributed by atoms with E-state index in [2.05, 4.69) is 229 Å². The fraction of sp³-hybridized carbons (Fsp3) is 0. The van der Waals surface area contributed by atoms with Crippen molar-refractivity contribution in [2.45, 2.75) is 0 Å². The number of hydrogen-bond acceptors (Lipinski definition) is 2.